The number of rotatable bonds is 15. The van der Waals surface area contributed by atoms with Crippen LogP contribution in [0, 0.1) is 24.7 Å². The van der Waals surface area contributed by atoms with E-state index in [2.05, 4.69) is 13.0 Å². The highest BCUT2D eigenvalue weighted by molar-refractivity contribution is 6.02. The van der Waals surface area contributed by atoms with Crippen LogP contribution in [0.25, 0.3) is 11.1 Å². The second-order valence-electron chi connectivity index (χ2n) is 11.7. The molecular weight excluding hydrogens is 500 g/mol. The quantitative estimate of drug-likeness (QED) is 0.220. The van der Waals surface area contributed by atoms with Crippen molar-refractivity contribution in [1.82, 2.24) is 0 Å². The molecule has 0 spiro atoms. The van der Waals surface area contributed by atoms with E-state index in [9.17, 15) is 24.0 Å². The van der Waals surface area contributed by atoms with Crippen molar-refractivity contribution in [3.8, 4) is 11.1 Å². The molecule has 0 heterocycles. The standard InChI is InChI=1S/C35H44O5/c1-6-8-28(30(7-2)33(39)17-24(5)37)18-26-20-32-31(16-9-22(3)35(32)34(40)21-26)27-13-11-25(12-14-27)19-29(38)15-10-23(4)36/h9,11-14,16,26,28,30H,6-8,10,15,17-21H2,1-5H3. The molecule has 1 aliphatic carbocycles. The minimum atomic E-state index is -0.150. The first-order valence-corrected chi connectivity index (χ1v) is 14.8. The Morgan fingerprint density at radius 2 is 1.60 bits per heavy atom. The van der Waals surface area contributed by atoms with Gasteiger partial charge in [-0.2, -0.15) is 0 Å². The fourth-order valence-electron chi connectivity index (χ4n) is 6.44. The Labute approximate surface area is 239 Å². The van der Waals surface area contributed by atoms with Gasteiger partial charge in [0.05, 0.1) is 6.42 Å². The number of aryl methyl sites for hydroxylation is 1. The molecule has 0 N–H and O–H groups in total. The maximum atomic E-state index is 13.5. The molecule has 0 saturated carbocycles. The molecule has 5 heteroatoms. The van der Waals surface area contributed by atoms with E-state index >= 15 is 0 Å². The number of carbonyl (C=O) groups is 5. The molecule has 3 atom stereocenters. The van der Waals surface area contributed by atoms with Crippen LogP contribution in [0.5, 0.6) is 0 Å². The van der Waals surface area contributed by atoms with Crippen molar-refractivity contribution in [2.75, 3.05) is 0 Å². The molecule has 5 nitrogen and oxygen atoms in total. The Kier molecular flexibility index (Phi) is 11.3. The smallest absolute Gasteiger partial charge is 0.163 e. The summed E-state index contributed by atoms with van der Waals surface area (Å²) in [7, 11) is 0. The van der Waals surface area contributed by atoms with Gasteiger partial charge < -0.3 is 4.79 Å². The molecule has 3 unspecified atom stereocenters. The van der Waals surface area contributed by atoms with Gasteiger partial charge in [0.1, 0.15) is 23.1 Å². The Hall–Kier alpha value is -3.21. The largest absolute Gasteiger partial charge is 0.300 e. The Morgan fingerprint density at radius 1 is 0.900 bits per heavy atom. The lowest BCUT2D eigenvalue weighted by molar-refractivity contribution is -0.130. The predicted molar refractivity (Wildman–Crippen MR) is 158 cm³/mol. The topological polar surface area (TPSA) is 85.3 Å². The number of benzene rings is 2. The zero-order valence-corrected chi connectivity index (χ0v) is 24.8. The number of hydrogen-bond donors (Lipinski definition) is 0. The third-order valence-corrected chi connectivity index (χ3v) is 8.33. The SMILES string of the molecule is CCCC(CC1CC(=O)c2c(C)ccc(-c3ccc(CC(=O)CCC(C)=O)cc3)c2C1)C(CC)C(=O)CC(C)=O. The fourth-order valence-corrected chi connectivity index (χ4v) is 6.44. The Morgan fingerprint density at radius 3 is 2.20 bits per heavy atom. The Balaban J connectivity index is 1.85. The molecule has 214 valence electrons. The van der Waals surface area contributed by atoms with Crippen molar-refractivity contribution in [3.05, 3.63) is 58.7 Å². The highest BCUT2D eigenvalue weighted by atomic mass is 16.2. The molecule has 0 fully saturated rings. The predicted octanol–water partition coefficient (Wildman–Crippen LogP) is 7.27. The summed E-state index contributed by atoms with van der Waals surface area (Å²) in [6, 6.07) is 12.0. The summed E-state index contributed by atoms with van der Waals surface area (Å²) in [6.07, 6.45) is 5.49. The highest BCUT2D eigenvalue weighted by Crippen LogP contribution is 2.40. The fraction of sp³-hybridized carbons (Fsp3) is 0.514. The van der Waals surface area contributed by atoms with E-state index < -0.39 is 0 Å². The van der Waals surface area contributed by atoms with Crippen LogP contribution in [-0.4, -0.2) is 28.9 Å². The van der Waals surface area contributed by atoms with E-state index in [1.807, 2.05) is 44.2 Å². The third-order valence-electron chi connectivity index (χ3n) is 8.33. The molecule has 1 aliphatic rings. The van der Waals surface area contributed by atoms with Crippen molar-refractivity contribution < 1.29 is 24.0 Å². The van der Waals surface area contributed by atoms with Crippen LogP contribution in [0.3, 0.4) is 0 Å². The van der Waals surface area contributed by atoms with Gasteiger partial charge in [0.15, 0.2) is 5.78 Å². The Bertz CT molecular complexity index is 1250. The normalized spacial score (nSPS) is 16.2. The van der Waals surface area contributed by atoms with Crippen LogP contribution in [0.4, 0.5) is 0 Å². The molecule has 0 amide bonds. The number of fused-ring (bicyclic) bond motifs is 1. The van der Waals surface area contributed by atoms with E-state index in [0.29, 0.717) is 19.3 Å². The summed E-state index contributed by atoms with van der Waals surface area (Å²) in [5.41, 5.74) is 5.85. The number of carbonyl (C=O) groups excluding carboxylic acids is 5. The maximum Gasteiger partial charge on any atom is 0.163 e. The molecule has 0 bridgehead atoms. The number of Topliss-reactive ketones (excluding diaryl/α,β-unsaturated/α-hetero) is 5. The van der Waals surface area contributed by atoms with Gasteiger partial charge in [-0.25, -0.2) is 0 Å². The molecule has 0 radical (unpaired) electrons. The zero-order chi connectivity index (χ0) is 29.4. The van der Waals surface area contributed by atoms with E-state index in [0.717, 1.165) is 59.1 Å². The van der Waals surface area contributed by atoms with Gasteiger partial charge in [-0.1, -0.05) is 63.1 Å². The average Bonchev–Trinajstić information content (AvgIpc) is 2.88. The molecular formula is C35H44O5. The van der Waals surface area contributed by atoms with Gasteiger partial charge >= 0.3 is 0 Å². The summed E-state index contributed by atoms with van der Waals surface area (Å²) < 4.78 is 0. The first-order valence-electron chi connectivity index (χ1n) is 14.8. The summed E-state index contributed by atoms with van der Waals surface area (Å²) in [4.78, 5) is 61.5. The molecule has 3 rings (SSSR count). The lowest BCUT2D eigenvalue weighted by Gasteiger charge is -2.32. The highest BCUT2D eigenvalue weighted by Gasteiger charge is 2.34. The van der Waals surface area contributed by atoms with Crippen molar-refractivity contribution >= 4 is 28.9 Å². The zero-order valence-electron chi connectivity index (χ0n) is 24.8. The van der Waals surface area contributed by atoms with E-state index in [-0.39, 0.29) is 65.9 Å². The van der Waals surface area contributed by atoms with E-state index in [4.69, 9.17) is 0 Å². The van der Waals surface area contributed by atoms with Crippen LogP contribution in [0.15, 0.2) is 36.4 Å². The number of ketones is 5. The summed E-state index contributed by atoms with van der Waals surface area (Å²) >= 11 is 0. The minimum Gasteiger partial charge on any atom is -0.300 e. The molecule has 2 aromatic carbocycles. The van der Waals surface area contributed by atoms with Gasteiger partial charge in [0.2, 0.25) is 0 Å². The van der Waals surface area contributed by atoms with Crippen molar-refractivity contribution in [3.63, 3.8) is 0 Å². The average molecular weight is 545 g/mol. The monoisotopic (exact) mass is 544 g/mol. The first kappa shape index (κ1) is 31.3. The van der Waals surface area contributed by atoms with Crippen LogP contribution < -0.4 is 0 Å². The lowest BCUT2D eigenvalue weighted by Crippen LogP contribution is -2.30. The van der Waals surface area contributed by atoms with Crippen molar-refractivity contribution in [2.45, 2.75) is 98.8 Å². The van der Waals surface area contributed by atoms with Crippen LogP contribution in [0.2, 0.25) is 0 Å². The summed E-state index contributed by atoms with van der Waals surface area (Å²) in [6.45, 7) is 9.11. The van der Waals surface area contributed by atoms with Crippen LogP contribution >= 0.6 is 0 Å². The minimum absolute atomic E-state index is 0.00713. The molecule has 2 aromatic rings. The van der Waals surface area contributed by atoms with Crippen molar-refractivity contribution in [2.24, 2.45) is 17.8 Å². The van der Waals surface area contributed by atoms with Gasteiger partial charge in [-0.3, -0.25) is 19.2 Å². The third kappa shape index (κ3) is 8.16. The lowest BCUT2D eigenvalue weighted by atomic mass is 9.71. The first-order chi connectivity index (χ1) is 19.0. The molecule has 0 saturated heterocycles. The van der Waals surface area contributed by atoms with Gasteiger partial charge in [0, 0.05) is 37.2 Å². The second-order valence-corrected chi connectivity index (χ2v) is 11.7. The number of hydrogen-bond acceptors (Lipinski definition) is 5. The molecule has 0 aromatic heterocycles. The molecule has 40 heavy (non-hydrogen) atoms. The van der Waals surface area contributed by atoms with E-state index in [1.54, 1.807) is 0 Å². The maximum absolute atomic E-state index is 13.5. The van der Waals surface area contributed by atoms with Crippen LogP contribution in [-0.2, 0) is 32.0 Å². The second kappa shape index (κ2) is 14.4. The van der Waals surface area contributed by atoms with Crippen molar-refractivity contribution in [1.29, 1.82) is 0 Å². The van der Waals surface area contributed by atoms with Gasteiger partial charge in [-0.15, -0.1) is 0 Å². The van der Waals surface area contributed by atoms with Crippen LogP contribution in [0.1, 0.15) is 106 Å². The van der Waals surface area contributed by atoms with E-state index in [1.165, 1.54) is 13.8 Å². The summed E-state index contributed by atoms with van der Waals surface area (Å²) in [5, 5.41) is 0. The molecule has 0 aliphatic heterocycles. The summed E-state index contributed by atoms with van der Waals surface area (Å²) in [5.74, 6) is 0.343. The van der Waals surface area contributed by atoms with Gasteiger partial charge in [-0.05, 0) is 79.7 Å². The van der Waals surface area contributed by atoms with Gasteiger partial charge in [0.25, 0.3) is 0 Å².